The molecule has 3 aromatic rings. The van der Waals surface area contributed by atoms with Crippen molar-refractivity contribution in [1.82, 2.24) is 14.6 Å². The summed E-state index contributed by atoms with van der Waals surface area (Å²) in [5, 5.41) is 8.19. The highest BCUT2D eigenvalue weighted by Gasteiger charge is 2.12. The van der Waals surface area contributed by atoms with Crippen LogP contribution in [0.1, 0.15) is 11.3 Å². The van der Waals surface area contributed by atoms with Crippen molar-refractivity contribution in [2.75, 3.05) is 25.1 Å². The van der Waals surface area contributed by atoms with Crippen molar-refractivity contribution in [2.45, 2.75) is 13.3 Å². The van der Waals surface area contributed by atoms with E-state index in [0.717, 1.165) is 23.5 Å². The number of hydrogen-bond acceptors (Lipinski definition) is 7. The van der Waals surface area contributed by atoms with E-state index in [9.17, 15) is 4.79 Å². The summed E-state index contributed by atoms with van der Waals surface area (Å²) in [6.07, 6.45) is 0.813. The lowest BCUT2D eigenvalue weighted by molar-refractivity contribution is 0.171. The van der Waals surface area contributed by atoms with Crippen LogP contribution in [0.3, 0.4) is 0 Å². The first-order valence-electron chi connectivity index (χ1n) is 7.69. The van der Waals surface area contributed by atoms with Crippen molar-refractivity contribution < 1.29 is 9.47 Å². The predicted molar refractivity (Wildman–Crippen MR) is 91.5 cm³/mol. The van der Waals surface area contributed by atoms with Gasteiger partial charge in [-0.25, -0.2) is 4.98 Å². The number of rotatable bonds is 4. The summed E-state index contributed by atoms with van der Waals surface area (Å²) in [4.78, 5) is 16.8. The topological polar surface area (TPSA) is 77.8 Å². The summed E-state index contributed by atoms with van der Waals surface area (Å²) < 4.78 is 12.4. The molecule has 0 saturated carbocycles. The van der Waals surface area contributed by atoms with Gasteiger partial charge in [-0.1, -0.05) is 17.4 Å². The Bertz CT molecular complexity index is 950. The lowest BCUT2D eigenvalue weighted by atomic mass is 10.1. The van der Waals surface area contributed by atoms with Crippen LogP contribution in [0.15, 0.2) is 29.1 Å². The molecule has 0 atom stereocenters. The number of ether oxygens (including phenoxy) is 2. The molecular weight excluding hydrogens is 328 g/mol. The van der Waals surface area contributed by atoms with E-state index in [2.05, 4.69) is 15.4 Å². The Hall–Kier alpha value is -2.61. The van der Waals surface area contributed by atoms with Crippen LogP contribution in [0.25, 0.3) is 4.96 Å². The Morgan fingerprint density at radius 1 is 1.25 bits per heavy atom. The molecule has 0 radical (unpaired) electrons. The van der Waals surface area contributed by atoms with Gasteiger partial charge in [-0.3, -0.25) is 4.79 Å². The molecule has 0 saturated heterocycles. The van der Waals surface area contributed by atoms with Gasteiger partial charge in [0.2, 0.25) is 10.1 Å². The maximum absolute atomic E-state index is 11.9. The van der Waals surface area contributed by atoms with Crippen LogP contribution in [-0.2, 0) is 6.42 Å². The highest BCUT2D eigenvalue weighted by atomic mass is 32.1. The van der Waals surface area contributed by atoms with E-state index in [4.69, 9.17) is 9.47 Å². The number of nitrogens with zero attached hydrogens (tertiary/aromatic N) is 3. The van der Waals surface area contributed by atoms with Gasteiger partial charge >= 0.3 is 0 Å². The molecule has 7 nitrogen and oxygen atoms in total. The third-order valence-electron chi connectivity index (χ3n) is 3.67. The van der Waals surface area contributed by atoms with Gasteiger partial charge in [0.1, 0.15) is 13.2 Å². The second-order valence-electron chi connectivity index (χ2n) is 5.49. The van der Waals surface area contributed by atoms with Gasteiger partial charge in [0.25, 0.3) is 5.56 Å². The second kappa shape index (κ2) is 6.12. The van der Waals surface area contributed by atoms with Crippen molar-refractivity contribution in [2.24, 2.45) is 0 Å². The van der Waals surface area contributed by atoms with Gasteiger partial charge in [0.15, 0.2) is 11.5 Å². The molecule has 24 heavy (non-hydrogen) atoms. The van der Waals surface area contributed by atoms with Crippen molar-refractivity contribution >= 4 is 21.4 Å². The number of nitrogens with one attached hydrogen (secondary N) is 1. The van der Waals surface area contributed by atoms with Gasteiger partial charge in [0, 0.05) is 18.3 Å². The Morgan fingerprint density at radius 2 is 2.08 bits per heavy atom. The summed E-state index contributed by atoms with van der Waals surface area (Å²) in [6, 6.07) is 7.45. The number of hydrogen-bond donors (Lipinski definition) is 1. The first kappa shape index (κ1) is 14.9. The number of benzene rings is 1. The van der Waals surface area contributed by atoms with Gasteiger partial charge in [-0.2, -0.15) is 4.52 Å². The number of aromatic nitrogens is 3. The lowest BCUT2D eigenvalue weighted by Crippen LogP contribution is -2.15. The van der Waals surface area contributed by atoms with Gasteiger partial charge < -0.3 is 14.8 Å². The lowest BCUT2D eigenvalue weighted by Gasteiger charge is -2.18. The Morgan fingerprint density at radius 3 is 2.96 bits per heavy atom. The first-order chi connectivity index (χ1) is 11.7. The zero-order valence-electron chi connectivity index (χ0n) is 13.1. The van der Waals surface area contributed by atoms with Crippen LogP contribution in [0.4, 0.5) is 5.13 Å². The summed E-state index contributed by atoms with van der Waals surface area (Å²) in [7, 11) is 0. The number of anilines is 1. The van der Waals surface area contributed by atoms with Gasteiger partial charge in [-0.15, -0.1) is 5.10 Å². The zero-order chi connectivity index (χ0) is 16.5. The van der Waals surface area contributed by atoms with Gasteiger partial charge in [-0.05, 0) is 31.0 Å². The molecule has 8 heteroatoms. The van der Waals surface area contributed by atoms with Crippen LogP contribution < -0.4 is 20.3 Å². The molecule has 0 amide bonds. The zero-order valence-corrected chi connectivity index (χ0v) is 13.9. The average molecular weight is 344 g/mol. The second-order valence-corrected chi connectivity index (χ2v) is 6.45. The van der Waals surface area contributed by atoms with Crippen LogP contribution in [0.5, 0.6) is 11.5 Å². The minimum absolute atomic E-state index is 0.159. The van der Waals surface area contributed by atoms with Crippen LogP contribution in [0, 0.1) is 6.92 Å². The van der Waals surface area contributed by atoms with Crippen LogP contribution in [-0.4, -0.2) is 34.4 Å². The molecule has 0 bridgehead atoms. The molecule has 124 valence electrons. The molecule has 0 unspecified atom stereocenters. The SMILES string of the molecule is Cc1cc(=O)n2nc(NCCc3ccc4c(c3)OCCO4)sc2n1. The average Bonchev–Trinajstić information content (AvgIpc) is 2.98. The van der Waals surface area contributed by atoms with E-state index >= 15 is 0 Å². The fourth-order valence-corrected chi connectivity index (χ4v) is 3.43. The molecule has 3 heterocycles. The van der Waals surface area contributed by atoms with Crippen molar-refractivity contribution in [1.29, 1.82) is 0 Å². The summed E-state index contributed by atoms with van der Waals surface area (Å²) >= 11 is 1.37. The first-order valence-corrected chi connectivity index (χ1v) is 8.50. The predicted octanol–water partition coefficient (Wildman–Crippen LogP) is 1.89. The molecule has 2 aromatic heterocycles. The molecule has 0 fully saturated rings. The fourth-order valence-electron chi connectivity index (χ4n) is 2.55. The maximum Gasteiger partial charge on any atom is 0.275 e. The van der Waals surface area contributed by atoms with E-state index in [1.54, 1.807) is 6.92 Å². The quantitative estimate of drug-likeness (QED) is 0.779. The van der Waals surface area contributed by atoms with Crippen LogP contribution >= 0.6 is 11.3 Å². The van der Waals surface area contributed by atoms with Gasteiger partial charge in [0.05, 0.1) is 0 Å². The molecule has 1 aliphatic heterocycles. The maximum atomic E-state index is 11.9. The molecule has 0 aliphatic carbocycles. The number of fused-ring (bicyclic) bond motifs is 2. The third kappa shape index (κ3) is 2.92. The summed E-state index contributed by atoms with van der Waals surface area (Å²) in [5.41, 5.74) is 1.69. The van der Waals surface area contributed by atoms with Crippen molar-refractivity contribution in [3.8, 4) is 11.5 Å². The number of aryl methyl sites for hydroxylation is 1. The fraction of sp³-hybridized carbons (Fsp3) is 0.312. The summed E-state index contributed by atoms with van der Waals surface area (Å²) in [6.45, 7) is 3.68. The van der Waals surface area contributed by atoms with E-state index < -0.39 is 0 Å². The Labute approximate surface area is 141 Å². The smallest absolute Gasteiger partial charge is 0.275 e. The Balaban J connectivity index is 1.44. The third-order valence-corrected chi connectivity index (χ3v) is 4.54. The molecule has 1 aliphatic rings. The minimum Gasteiger partial charge on any atom is -0.486 e. The normalized spacial score (nSPS) is 13.2. The molecule has 4 rings (SSSR count). The highest BCUT2D eigenvalue weighted by Crippen LogP contribution is 2.30. The van der Waals surface area contributed by atoms with E-state index in [1.165, 1.54) is 21.9 Å². The standard InChI is InChI=1S/C16H16N4O3S/c1-10-8-14(21)20-16(18-10)24-15(19-20)17-5-4-11-2-3-12-13(9-11)23-7-6-22-12/h2-3,8-9H,4-7H2,1H3,(H,17,19). The largest absolute Gasteiger partial charge is 0.486 e. The van der Waals surface area contributed by atoms with Crippen molar-refractivity contribution in [3.05, 3.63) is 45.9 Å². The van der Waals surface area contributed by atoms with E-state index in [0.29, 0.717) is 35.5 Å². The molecule has 0 spiro atoms. The molecule has 1 N–H and O–H groups in total. The van der Waals surface area contributed by atoms with Crippen LogP contribution in [0.2, 0.25) is 0 Å². The monoisotopic (exact) mass is 344 g/mol. The molecular formula is C16H16N4O3S. The highest BCUT2D eigenvalue weighted by molar-refractivity contribution is 7.20. The van der Waals surface area contributed by atoms with E-state index in [-0.39, 0.29) is 5.56 Å². The summed E-state index contributed by atoms with van der Waals surface area (Å²) in [5.74, 6) is 1.59. The molecule has 1 aromatic carbocycles. The Kier molecular flexibility index (Phi) is 3.81. The van der Waals surface area contributed by atoms with Crippen molar-refractivity contribution in [3.63, 3.8) is 0 Å². The van der Waals surface area contributed by atoms with E-state index in [1.807, 2.05) is 18.2 Å². The minimum atomic E-state index is -0.159.